The van der Waals surface area contributed by atoms with Crippen molar-refractivity contribution in [3.63, 3.8) is 0 Å². The molecule has 19 heavy (non-hydrogen) atoms. The maximum atomic E-state index is 4.09. The summed E-state index contributed by atoms with van der Waals surface area (Å²) in [6.45, 7) is 18.0. The Hall–Kier alpha value is -2.02. The van der Waals surface area contributed by atoms with E-state index < -0.39 is 0 Å². The number of allylic oxidation sites excluding steroid dienone is 3. The Morgan fingerprint density at radius 3 is 2.32 bits per heavy atom. The molecule has 1 aliphatic rings. The molecule has 1 aromatic carbocycles. The molecule has 0 bridgehead atoms. The Balaban J connectivity index is 0.000000861. The van der Waals surface area contributed by atoms with Crippen LogP contribution in [0.2, 0.25) is 0 Å². The van der Waals surface area contributed by atoms with Gasteiger partial charge in [-0.05, 0) is 17.2 Å². The van der Waals surface area contributed by atoms with E-state index in [2.05, 4.69) is 50.2 Å². The lowest BCUT2D eigenvalue weighted by Gasteiger charge is -2.14. The van der Waals surface area contributed by atoms with E-state index in [1.54, 1.807) is 0 Å². The van der Waals surface area contributed by atoms with Gasteiger partial charge in [0.1, 0.15) is 0 Å². The van der Waals surface area contributed by atoms with Crippen molar-refractivity contribution in [2.45, 2.75) is 26.7 Å². The van der Waals surface area contributed by atoms with E-state index in [1.165, 1.54) is 5.56 Å². The SMILES string of the molecule is C=CC1=C(C=C)C(C)c2ccccc2C(=C)N1.CC. The first-order valence-electron chi connectivity index (χ1n) is 6.73. The molecular formula is C18H23N. The molecule has 1 aliphatic heterocycles. The highest BCUT2D eigenvalue weighted by Gasteiger charge is 2.20. The zero-order valence-corrected chi connectivity index (χ0v) is 12.2. The first-order valence-corrected chi connectivity index (χ1v) is 6.73. The molecule has 1 atom stereocenters. The van der Waals surface area contributed by atoms with E-state index in [1.807, 2.05) is 32.1 Å². The Morgan fingerprint density at radius 2 is 1.74 bits per heavy atom. The minimum absolute atomic E-state index is 0.295. The number of hydrogen-bond donors (Lipinski definition) is 1. The Morgan fingerprint density at radius 1 is 1.11 bits per heavy atom. The predicted molar refractivity (Wildman–Crippen MR) is 85.8 cm³/mol. The average molecular weight is 253 g/mol. The quantitative estimate of drug-likeness (QED) is 0.780. The van der Waals surface area contributed by atoms with Crippen molar-refractivity contribution in [3.05, 3.63) is 78.6 Å². The van der Waals surface area contributed by atoms with Crippen LogP contribution in [0.15, 0.2) is 67.4 Å². The van der Waals surface area contributed by atoms with Gasteiger partial charge in [0.2, 0.25) is 0 Å². The van der Waals surface area contributed by atoms with Crippen molar-refractivity contribution in [2.75, 3.05) is 0 Å². The molecule has 0 fully saturated rings. The molecule has 0 aliphatic carbocycles. The lowest BCUT2D eigenvalue weighted by Crippen LogP contribution is -2.09. The molecular weight excluding hydrogens is 230 g/mol. The van der Waals surface area contributed by atoms with Crippen LogP contribution in [0.25, 0.3) is 5.70 Å². The Kier molecular flexibility index (Phi) is 5.37. The summed E-state index contributed by atoms with van der Waals surface area (Å²) >= 11 is 0. The van der Waals surface area contributed by atoms with Crippen LogP contribution in [-0.2, 0) is 0 Å². The molecule has 1 N–H and O–H groups in total. The van der Waals surface area contributed by atoms with Crippen molar-refractivity contribution < 1.29 is 0 Å². The third kappa shape index (κ3) is 2.87. The number of benzene rings is 1. The van der Waals surface area contributed by atoms with E-state index in [0.717, 1.165) is 22.5 Å². The van der Waals surface area contributed by atoms with E-state index in [9.17, 15) is 0 Å². The van der Waals surface area contributed by atoms with E-state index in [0.29, 0.717) is 5.92 Å². The van der Waals surface area contributed by atoms with Gasteiger partial charge in [-0.2, -0.15) is 0 Å². The molecule has 0 aromatic heterocycles. The predicted octanol–water partition coefficient (Wildman–Crippen LogP) is 5.02. The minimum Gasteiger partial charge on any atom is -0.355 e. The highest BCUT2D eigenvalue weighted by Crippen LogP contribution is 2.34. The summed E-state index contributed by atoms with van der Waals surface area (Å²) in [7, 11) is 0. The molecule has 0 saturated carbocycles. The monoisotopic (exact) mass is 253 g/mol. The summed E-state index contributed by atoms with van der Waals surface area (Å²) in [5.41, 5.74) is 5.51. The Bertz CT molecular complexity index is 520. The Labute approximate surface area is 117 Å². The van der Waals surface area contributed by atoms with Crippen LogP contribution >= 0.6 is 0 Å². The average Bonchev–Trinajstić information content (AvgIpc) is 2.57. The van der Waals surface area contributed by atoms with Gasteiger partial charge in [-0.3, -0.25) is 0 Å². The summed E-state index contributed by atoms with van der Waals surface area (Å²) in [6, 6.07) is 8.32. The zero-order valence-electron chi connectivity index (χ0n) is 12.2. The summed E-state index contributed by atoms with van der Waals surface area (Å²) < 4.78 is 0. The fourth-order valence-electron chi connectivity index (χ4n) is 2.31. The molecule has 1 nitrogen and oxygen atoms in total. The van der Waals surface area contributed by atoms with Crippen molar-refractivity contribution in [1.29, 1.82) is 0 Å². The van der Waals surface area contributed by atoms with Gasteiger partial charge in [0.25, 0.3) is 0 Å². The maximum absolute atomic E-state index is 4.09. The third-order valence-corrected chi connectivity index (χ3v) is 3.24. The van der Waals surface area contributed by atoms with E-state index >= 15 is 0 Å². The van der Waals surface area contributed by atoms with Crippen LogP contribution in [0.3, 0.4) is 0 Å². The molecule has 2 rings (SSSR count). The number of rotatable bonds is 2. The number of hydrogen-bond acceptors (Lipinski definition) is 1. The molecule has 0 spiro atoms. The van der Waals surface area contributed by atoms with Gasteiger partial charge in [0, 0.05) is 22.9 Å². The van der Waals surface area contributed by atoms with Crippen LogP contribution in [0.4, 0.5) is 0 Å². The molecule has 100 valence electrons. The van der Waals surface area contributed by atoms with Crippen molar-refractivity contribution in [3.8, 4) is 0 Å². The molecule has 1 heterocycles. The van der Waals surface area contributed by atoms with Gasteiger partial charge in [0.15, 0.2) is 0 Å². The summed E-state index contributed by atoms with van der Waals surface area (Å²) in [6.07, 6.45) is 3.72. The minimum atomic E-state index is 0.295. The number of nitrogens with one attached hydrogen (secondary N) is 1. The summed E-state index contributed by atoms with van der Waals surface area (Å²) in [4.78, 5) is 0. The second kappa shape index (κ2) is 6.79. The molecule has 1 unspecified atom stereocenters. The molecule has 1 aromatic rings. The number of fused-ring (bicyclic) bond motifs is 1. The van der Waals surface area contributed by atoms with E-state index in [4.69, 9.17) is 0 Å². The van der Waals surface area contributed by atoms with Crippen molar-refractivity contribution >= 4 is 5.70 Å². The zero-order chi connectivity index (χ0) is 14.4. The van der Waals surface area contributed by atoms with Crippen LogP contribution in [0.5, 0.6) is 0 Å². The standard InChI is InChI=1S/C16H17N.C2H6/c1-5-13-11(3)14-9-7-8-10-15(14)12(4)17-16(13)6-2;1-2/h5-11,17H,1-2,4H2,3H3;1-2H3. The maximum Gasteiger partial charge on any atom is 0.0416 e. The van der Waals surface area contributed by atoms with Crippen molar-refractivity contribution in [1.82, 2.24) is 5.32 Å². The van der Waals surface area contributed by atoms with Gasteiger partial charge >= 0.3 is 0 Å². The van der Waals surface area contributed by atoms with Gasteiger partial charge in [0.05, 0.1) is 0 Å². The lowest BCUT2D eigenvalue weighted by molar-refractivity contribution is 0.908. The second-order valence-electron chi connectivity index (χ2n) is 4.19. The highest BCUT2D eigenvalue weighted by atomic mass is 14.9. The fraction of sp³-hybridized carbons (Fsp3) is 0.222. The van der Waals surface area contributed by atoms with E-state index in [-0.39, 0.29) is 0 Å². The van der Waals surface area contributed by atoms with Gasteiger partial charge in [-0.1, -0.05) is 70.8 Å². The molecule has 0 amide bonds. The summed E-state index contributed by atoms with van der Waals surface area (Å²) in [5.74, 6) is 0.295. The topological polar surface area (TPSA) is 12.0 Å². The third-order valence-electron chi connectivity index (χ3n) is 3.24. The molecule has 0 saturated heterocycles. The lowest BCUT2D eigenvalue weighted by atomic mass is 9.89. The van der Waals surface area contributed by atoms with Crippen LogP contribution < -0.4 is 5.32 Å². The summed E-state index contributed by atoms with van der Waals surface area (Å²) in [5, 5.41) is 3.31. The highest BCUT2D eigenvalue weighted by molar-refractivity contribution is 5.70. The normalized spacial score (nSPS) is 17.4. The first-order chi connectivity index (χ1) is 9.19. The fourth-order valence-corrected chi connectivity index (χ4v) is 2.31. The van der Waals surface area contributed by atoms with Crippen LogP contribution in [-0.4, -0.2) is 0 Å². The second-order valence-corrected chi connectivity index (χ2v) is 4.19. The van der Waals surface area contributed by atoms with Gasteiger partial charge in [-0.15, -0.1) is 0 Å². The first kappa shape index (κ1) is 15.0. The molecule has 0 radical (unpaired) electrons. The molecule has 1 heteroatoms. The van der Waals surface area contributed by atoms with Crippen molar-refractivity contribution in [2.24, 2.45) is 0 Å². The van der Waals surface area contributed by atoms with Crippen LogP contribution in [0, 0.1) is 0 Å². The smallest absolute Gasteiger partial charge is 0.0416 e. The van der Waals surface area contributed by atoms with Gasteiger partial charge < -0.3 is 5.32 Å². The largest absolute Gasteiger partial charge is 0.355 e. The van der Waals surface area contributed by atoms with Crippen LogP contribution in [0.1, 0.15) is 37.8 Å². The van der Waals surface area contributed by atoms with Gasteiger partial charge in [-0.25, -0.2) is 0 Å².